The number of nitrogens with zero attached hydrogens (tertiary/aromatic N) is 4. The Hall–Kier alpha value is -7.46. The highest BCUT2D eigenvalue weighted by atomic mass is 33.1. The average Bonchev–Trinajstić information content (AvgIpc) is 4.05. The van der Waals surface area contributed by atoms with Crippen LogP contribution in [0.5, 0.6) is 17.2 Å². The Kier molecular flexibility index (Phi) is 16.3. The van der Waals surface area contributed by atoms with Gasteiger partial charge in [-0.2, -0.15) is 8.42 Å². The molecule has 0 fully saturated rings. The summed E-state index contributed by atoms with van der Waals surface area (Å²) < 4.78 is 52.6. The zero-order valence-electron chi connectivity index (χ0n) is 44.6. The predicted molar refractivity (Wildman–Crippen MR) is 308 cm³/mol. The fourth-order valence-corrected chi connectivity index (χ4v) is 14.3. The summed E-state index contributed by atoms with van der Waals surface area (Å²) in [4.78, 5) is 87.9. The quantitative estimate of drug-likeness (QED) is 0.0271. The Morgan fingerprint density at radius 1 is 0.812 bits per heavy atom. The summed E-state index contributed by atoms with van der Waals surface area (Å²) in [6, 6.07) is 28.6. The molecular weight excluding hydrogens is 1080 g/mol. The Balaban J connectivity index is 0.812. The molecule has 6 amide bonds. The Bertz CT molecular complexity index is 3490. The lowest BCUT2D eigenvalue weighted by atomic mass is 9.99. The molecular formula is C59H60N6O12S3. The molecule has 0 saturated carbocycles. The number of anilines is 3. The Morgan fingerprint density at radius 2 is 1.48 bits per heavy atom. The van der Waals surface area contributed by atoms with Crippen molar-refractivity contribution in [2.45, 2.75) is 101 Å². The molecule has 18 nitrogen and oxygen atoms in total. The molecule has 5 heterocycles. The number of methoxy groups -OCH3 is 1. The van der Waals surface area contributed by atoms with Crippen molar-refractivity contribution in [1.82, 2.24) is 10.2 Å². The topological polar surface area (TPSA) is 231 Å². The average molecular weight is 1140 g/mol. The summed E-state index contributed by atoms with van der Waals surface area (Å²) in [6.07, 6.45) is 7.26. The fraction of sp³-hybridized carbons (Fsp3) is 0.339. The molecule has 80 heavy (non-hydrogen) atoms. The number of aliphatic imine (C=N–C) groups is 1. The van der Waals surface area contributed by atoms with Crippen LogP contribution in [0, 0.1) is 6.92 Å². The summed E-state index contributed by atoms with van der Waals surface area (Å²) in [6.45, 7) is 5.57. The molecule has 3 unspecified atom stereocenters. The first-order chi connectivity index (χ1) is 38.3. The van der Waals surface area contributed by atoms with Crippen molar-refractivity contribution in [3.63, 3.8) is 0 Å². The molecule has 0 aliphatic carbocycles. The maximum Gasteiger partial charge on any atom is 0.276 e. The molecule has 0 spiro atoms. The molecule has 0 radical (unpaired) electrons. The molecule has 5 aromatic rings. The summed E-state index contributed by atoms with van der Waals surface area (Å²) in [7, 11) is -0.532. The maximum atomic E-state index is 14.2. The first-order valence-corrected chi connectivity index (χ1v) is 30.2. The van der Waals surface area contributed by atoms with Crippen LogP contribution in [0.3, 0.4) is 0 Å². The van der Waals surface area contributed by atoms with Gasteiger partial charge in [0.15, 0.2) is 16.7 Å². The van der Waals surface area contributed by atoms with E-state index in [0.717, 1.165) is 63.5 Å². The number of amides is 6. The second kappa shape index (κ2) is 23.3. The first kappa shape index (κ1) is 55.8. The van der Waals surface area contributed by atoms with Gasteiger partial charge in [0.25, 0.3) is 33.7 Å². The van der Waals surface area contributed by atoms with Gasteiger partial charge in [0.2, 0.25) is 11.8 Å². The summed E-state index contributed by atoms with van der Waals surface area (Å²) >= 11 is 0. The van der Waals surface area contributed by atoms with Crippen LogP contribution < -0.4 is 34.6 Å². The lowest BCUT2D eigenvalue weighted by Crippen LogP contribution is -2.44. The van der Waals surface area contributed by atoms with E-state index in [1.807, 2.05) is 105 Å². The number of carbonyl (C=O) groups is 6. The number of ether oxygens (including phenoxy) is 3. The van der Waals surface area contributed by atoms with E-state index in [1.54, 1.807) is 17.0 Å². The number of rotatable bonds is 21. The van der Waals surface area contributed by atoms with Gasteiger partial charge in [0, 0.05) is 89.5 Å². The van der Waals surface area contributed by atoms with Crippen molar-refractivity contribution < 1.29 is 55.9 Å². The standard InChI is InChI=1S/C59H60N6O12S3/c1-35-23-45-46(61-32-43-28-40-10-6-8-12-48(40)65(43)58(45)71)31-49(35)76-33-36-24-37(34-77-51-29-38-13-14-42-27-39-9-5-7-11-47(39)64(42)57(70)44(38)30-50(51)75-4)26-41(25-36)62-53(66)17-19-59(2,3)79-78-22-18-52(80(72,73)74)56(69)60-20-21-63-54(67)15-16-55(63)68/h5-12,15-16,23-26,29-32,42-43,52H,13-14,17-22,27-28,33-34H2,1-4H3,(H,60,69)(H,62,66)(H,72,73,74). The van der Waals surface area contributed by atoms with Gasteiger partial charge < -0.3 is 29.7 Å². The lowest BCUT2D eigenvalue weighted by molar-refractivity contribution is -0.137. The second-order valence-corrected chi connectivity index (χ2v) is 25.6. The van der Waals surface area contributed by atoms with Gasteiger partial charge in [-0.3, -0.25) is 48.1 Å². The normalized spacial score (nSPS) is 17.4. The molecule has 0 bridgehead atoms. The molecule has 10 rings (SSSR count). The highest BCUT2D eigenvalue weighted by Crippen LogP contribution is 2.43. The van der Waals surface area contributed by atoms with Crippen LogP contribution in [0.1, 0.15) is 93.6 Å². The van der Waals surface area contributed by atoms with Crippen molar-refractivity contribution in [2.24, 2.45) is 4.99 Å². The number of nitrogens with one attached hydrogen (secondary N) is 2. The maximum absolute atomic E-state index is 14.2. The van der Waals surface area contributed by atoms with Crippen molar-refractivity contribution >= 4 is 96.1 Å². The molecule has 5 aromatic carbocycles. The van der Waals surface area contributed by atoms with Gasteiger partial charge in [-0.1, -0.05) is 58.0 Å². The second-order valence-electron chi connectivity index (χ2n) is 20.9. The van der Waals surface area contributed by atoms with E-state index in [-0.39, 0.29) is 74.7 Å². The minimum absolute atomic E-state index is 0.0480. The van der Waals surface area contributed by atoms with Crippen LogP contribution >= 0.6 is 21.6 Å². The van der Waals surface area contributed by atoms with Crippen LogP contribution in [0.4, 0.5) is 22.7 Å². The Labute approximate surface area is 471 Å². The molecule has 5 aliphatic heterocycles. The number of aryl methyl sites for hydroxylation is 2. The summed E-state index contributed by atoms with van der Waals surface area (Å²) in [5.74, 6) is -0.930. The molecule has 3 N–H and O–H groups in total. The third-order valence-corrected chi connectivity index (χ3v) is 19.4. The van der Waals surface area contributed by atoms with Crippen molar-refractivity contribution in [3.05, 3.63) is 148 Å². The van der Waals surface area contributed by atoms with Gasteiger partial charge in [0.05, 0.1) is 24.4 Å². The van der Waals surface area contributed by atoms with E-state index < -0.39 is 37.8 Å². The highest BCUT2D eigenvalue weighted by Gasteiger charge is 2.39. The monoisotopic (exact) mass is 1140 g/mol. The van der Waals surface area contributed by atoms with Crippen LogP contribution in [0.2, 0.25) is 0 Å². The zero-order chi connectivity index (χ0) is 56.5. The van der Waals surface area contributed by atoms with E-state index in [0.29, 0.717) is 70.1 Å². The van der Waals surface area contributed by atoms with E-state index in [4.69, 9.17) is 19.2 Å². The van der Waals surface area contributed by atoms with Crippen molar-refractivity contribution in [1.29, 1.82) is 0 Å². The smallest absolute Gasteiger partial charge is 0.276 e. The molecule has 5 aliphatic rings. The van der Waals surface area contributed by atoms with E-state index >= 15 is 0 Å². The minimum Gasteiger partial charge on any atom is -0.493 e. The number of imide groups is 1. The number of para-hydroxylation sites is 2. The lowest BCUT2D eigenvalue weighted by Gasteiger charge is -2.23. The third-order valence-electron chi connectivity index (χ3n) is 14.8. The van der Waals surface area contributed by atoms with E-state index in [1.165, 1.54) is 28.7 Å². The number of hydrogen-bond donors (Lipinski definition) is 3. The van der Waals surface area contributed by atoms with Gasteiger partial charge in [-0.25, -0.2) is 0 Å². The Morgan fingerprint density at radius 3 is 2.17 bits per heavy atom. The molecule has 0 saturated heterocycles. The first-order valence-electron chi connectivity index (χ1n) is 26.3. The van der Waals surface area contributed by atoms with E-state index in [2.05, 4.69) is 16.7 Å². The van der Waals surface area contributed by atoms with Crippen LogP contribution in [0.25, 0.3) is 0 Å². The third kappa shape index (κ3) is 12.2. The fourth-order valence-electron chi connectivity index (χ4n) is 10.7. The van der Waals surface area contributed by atoms with Crippen LogP contribution in [-0.4, -0.2) is 108 Å². The number of hydrogen-bond acceptors (Lipinski definition) is 14. The summed E-state index contributed by atoms with van der Waals surface area (Å²) in [5, 5.41) is 3.69. The highest BCUT2D eigenvalue weighted by molar-refractivity contribution is 8.77. The van der Waals surface area contributed by atoms with Crippen LogP contribution in [-0.2, 0) is 61.8 Å². The van der Waals surface area contributed by atoms with Gasteiger partial charge >= 0.3 is 0 Å². The number of fused-ring (bicyclic) bond motifs is 8. The van der Waals surface area contributed by atoms with E-state index in [9.17, 15) is 41.7 Å². The van der Waals surface area contributed by atoms with Crippen LogP contribution in [0.15, 0.2) is 108 Å². The van der Waals surface area contributed by atoms with Gasteiger partial charge in [-0.15, -0.1) is 0 Å². The SMILES string of the molecule is COc1cc2c(cc1OCc1cc(COc3cc4c(cc3C)C(=O)N3c5ccccc5CC3C=N4)cc(NC(=O)CCC(C)(C)SSCCC(C(=O)NCCN3C(=O)C=CC3=O)S(=O)(=O)O)c1)CCC1Cc3ccccc3N1C2=O. The number of benzene rings is 5. The van der Waals surface area contributed by atoms with Gasteiger partial charge in [0.1, 0.15) is 19.0 Å². The summed E-state index contributed by atoms with van der Waals surface area (Å²) in [5.41, 5.74) is 9.16. The molecule has 3 atom stereocenters. The molecule has 0 aromatic heterocycles. The zero-order valence-corrected chi connectivity index (χ0v) is 47.0. The molecule has 21 heteroatoms. The van der Waals surface area contributed by atoms with Gasteiger partial charge in [-0.05, 0) is 135 Å². The predicted octanol–water partition coefficient (Wildman–Crippen LogP) is 8.53. The molecule has 416 valence electrons. The van der Waals surface area contributed by atoms with Crippen molar-refractivity contribution in [3.8, 4) is 17.2 Å². The number of carbonyl (C=O) groups excluding carboxylic acids is 6. The minimum atomic E-state index is -4.78. The van der Waals surface area contributed by atoms with Crippen molar-refractivity contribution in [2.75, 3.05) is 41.1 Å². The largest absolute Gasteiger partial charge is 0.493 e.